The second-order valence-electron chi connectivity index (χ2n) is 4.65. The van der Waals surface area contributed by atoms with Crippen molar-refractivity contribution in [2.75, 3.05) is 0 Å². The summed E-state index contributed by atoms with van der Waals surface area (Å²) < 4.78 is 0. The molecule has 3 rings (SSSR count). The molecule has 0 fully saturated rings. The van der Waals surface area contributed by atoms with Gasteiger partial charge in [-0.3, -0.25) is 0 Å². The summed E-state index contributed by atoms with van der Waals surface area (Å²) in [5.74, 6) is 0. The van der Waals surface area contributed by atoms with Crippen LogP contribution in [-0.2, 0) is 0 Å². The van der Waals surface area contributed by atoms with Gasteiger partial charge >= 0.3 is 0 Å². The quantitative estimate of drug-likeness (QED) is 0.594. The van der Waals surface area contributed by atoms with Crippen molar-refractivity contribution in [2.24, 2.45) is 0 Å². The average molecular weight is 308 g/mol. The number of rotatable bonds is 5. The van der Waals surface area contributed by atoms with Crippen LogP contribution in [0.2, 0.25) is 0 Å². The van der Waals surface area contributed by atoms with E-state index in [1.807, 2.05) is 11.8 Å². The Bertz CT molecular complexity index is 667. The Morgan fingerprint density at radius 3 is 2.14 bits per heavy atom. The maximum absolute atomic E-state index is 2.27. The van der Waals surface area contributed by atoms with Gasteiger partial charge in [0.1, 0.15) is 0 Å². The summed E-state index contributed by atoms with van der Waals surface area (Å²) in [6.07, 6.45) is 7.60. The Kier molecular flexibility index (Phi) is 5.03. The van der Waals surface area contributed by atoms with E-state index in [4.69, 9.17) is 0 Å². The molecule has 0 N–H and O–H groups in total. The zero-order valence-electron chi connectivity index (χ0n) is 11.6. The molecule has 0 radical (unpaired) electrons. The third kappa shape index (κ3) is 4.16. The van der Waals surface area contributed by atoms with Crippen molar-refractivity contribution in [3.8, 4) is 0 Å². The standard InChI is InChI=1S/C19H16S2/c1-3-11-17(12-4-1)20-15-19(16-9-7-8-10-16)21-18-13-5-2-6-14-18/h1-9,11-15H,10H2/b19-15+. The highest BCUT2D eigenvalue weighted by Crippen LogP contribution is 2.37. The Hall–Kier alpha value is -1.64. The lowest BCUT2D eigenvalue weighted by atomic mass is 10.2. The van der Waals surface area contributed by atoms with E-state index < -0.39 is 0 Å². The molecule has 1 aliphatic carbocycles. The molecule has 0 spiro atoms. The number of thioether (sulfide) groups is 2. The lowest BCUT2D eigenvalue weighted by molar-refractivity contribution is 1.32. The van der Waals surface area contributed by atoms with Crippen LogP contribution >= 0.6 is 23.5 Å². The zero-order chi connectivity index (χ0) is 14.3. The average Bonchev–Trinajstić information content (AvgIpc) is 3.08. The van der Waals surface area contributed by atoms with Gasteiger partial charge in [0.05, 0.1) is 0 Å². The van der Waals surface area contributed by atoms with Crippen molar-refractivity contribution in [2.45, 2.75) is 16.2 Å². The molecule has 2 heteroatoms. The van der Waals surface area contributed by atoms with Crippen molar-refractivity contribution in [3.63, 3.8) is 0 Å². The zero-order valence-corrected chi connectivity index (χ0v) is 13.2. The highest BCUT2D eigenvalue weighted by atomic mass is 32.2. The van der Waals surface area contributed by atoms with Gasteiger partial charge in [0.15, 0.2) is 0 Å². The summed E-state index contributed by atoms with van der Waals surface area (Å²) >= 11 is 3.62. The Morgan fingerprint density at radius 2 is 1.52 bits per heavy atom. The fraction of sp³-hybridized carbons (Fsp3) is 0.0526. The molecule has 2 aromatic carbocycles. The van der Waals surface area contributed by atoms with Gasteiger partial charge in [-0.25, -0.2) is 0 Å². The summed E-state index contributed by atoms with van der Waals surface area (Å²) in [5.41, 5.74) is 1.40. The molecule has 21 heavy (non-hydrogen) atoms. The van der Waals surface area contributed by atoms with Crippen molar-refractivity contribution in [1.82, 2.24) is 0 Å². The van der Waals surface area contributed by atoms with E-state index in [0.717, 1.165) is 6.42 Å². The Morgan fingerprint density at radius 1 is 0.857 bits per heavy atom. The van der Waals surface area contributed by atoms with Crippen molar-refractivity contribution in [1.29, 1.82) is 0 Å². The second-order valence-corrected chi connectivity index (χ2v) is 6.71. The van der Waals surface area contributed by atoms with Crippen LogP contribution in [0.15, 0.2) is 105 Å². The van der Waals surface area contributed by atoms with Gasteiger partial charge in [0.25, 0.3) is 0 Å². The van der Waals surface area contributed by atoms with Crippen LogP contribution in [0.5, 0.6) is 0 Å². The lowest BCUT2D eigenvalue weighted by Gasteiger charge is -2.08. The van der Waals surface area contributed by atoms with Crippen LogP contribution in [0.25, 0.3) is 0 Å². The molecule has 0 aromatic heterocycles. The maximum atomic E-state index is 2.27. The van der Waals surface area contributed by atoms with Gasteiger partial charge in [0.2, 0.25) is 0 Å². The van der Waals surface area contributed by atoms with E-state index >= 15 is 0 Å². The predicted molar refractivity (Wildman–Crippen MR) is 94.5 cm³/mol. The van der Waals surface area contributed by atoms with Crippen LogP contribution in [0.4, 0.5) is 0 Å². The van der Waals surface area contributed by atoms with E-state index in [0.29, 0.717) is 0 Å². The molecule has 0 aliphatic heterocycles. The third-order valence-corrected chi connectivity index (χ3v) is 5.26. The highest BCUT2D eigenvalue weighted by Gasteiger charge is 2.08. The third-order valence-electron chi connectivity index (χ3n) is 3.10. The van der Waals surface area contributed by atoms with Gasteiger partial charge in [-0.15, -0.1) is 0 Å². The number of benzene rings is 2. The predicted octanol–water partition coefficient (Wildman–Crippen LogP) is 6.30. The van der Waals surface area contributed by atoms with Crippen molar-refractivity contribution < 1.29 is 0 Å². The van der Waals surface area contributed by atoms with E-state index in [1.54, 1.807) is 11.8 Å². The molecule has 0 bridgehead atoms. The molecule has 0 nitrogen and oxygen atoms in total. The molecule has 104 valence electrons. The van der Waals surface area contributed by atoms with Gasteiger partial charge in [0, 0.05) is 14.7 Å². The maximum Gasteiger partial charge on any atom is 0.0224 e. The van der Waals surface area contributed by atoms with Crippen LogP contribution in [0, 0.1) is 0 Å². The lowest BCUT2D eigenvalue weighted by Crippen LogP contribution is -1.82. The van der Waals surface area contributed by atoms with Crippen molar-refractivity contribution in [3.05, 3.63) is 94.8 Å². The Balaban J connectivity index is 1.79. The van der Waals surface area contributed by atoms with Crippen LogP contribution < -0.4 is 0 Å². The first-order valence-electron chi connectivity index (χ1n) is 6.93. The van der Waals surface area contributed by atoms with Crippen LogP contribution in [0.3, 0.4) is 0 Å². The molecular formula is C19H16S2. The fourth-order valence-electron chi connectivity index (χ4n) is 2.03. The number of hydrogen-bond donors (Lipinski definition) is 0. The molecule has 0 saturated heterocycles. The molecule has 0 unspecified atom stereocenters. The topological polar surface area (TPSA) is 0 Å². The number of hydrogen-bond acceptors (Lipinski definition) is 2. The largest absolute Gasteiger partial charge is 0.0969 e. The van der Waals surface area contributed by atoms with Crippen LogP contribution in [-0.4, -0.2) is 0 Å². The van der Waals surface area contributed by atoms with Gasteiger partial charge in [-0.2, -0.15) is 0 Å². The van der Waals surface area contributed by atoms with E-state index in [2.05, 4.69) is 84.3 Å². The fourth-order valence-corrected chi connectivity index (χ4v) is 3.91. The normalized spacial score (nSPS) is 14.3. The van der Waals surface area contributed by atoms with Crippen molar-refractivity contribution >= 4 is 23.5 Å². The highest BCUT2D eigenvalue weighted by molar-refractivity contribution is 8.06. The summed E-state index contributed by atoms with van der Waals surface area (Å²) in [4.78, 5) is 3.89. The smallest absolute Gasteiger partial charge is 0.0224 e. The molecule has 0 atom stereocenters. The molecular weight excluding hydrogens is 292 g/mol. The number of allylic oxidation sites excluding steroid dienone is 4. The Labute approximate surface area is 134 Å². The molecule has 1 aliphatic rings. The summed E-state index contributed by atoms with van der Waals surface area (Å²) in [6.45, 7) is 0. The summed E-state index contributed by atoms with van der Waals surface area (Å²) in [6, 6.07) is 21.1. The van der Waals surface area contributed by atoms with E-state index in [9.17, 15) is 0 Å². The summed E-state index contributed by atoms with van der Waals surface area (Å²) in [5, 5.41) is 2.27. The van der Waals surface area contributed by atoms with Gasteiger partial charge in [-0.05, 0) is 41.7 Å². The minimum Gasteiger partial charge on any atom is -0.0969 e. The molecule has 2 aromatic rings. The molecule has 0 amide bonds. The minimum absolute atomic E-state index is 1.03. The summed E-state index contributed by atoms with van der Waals surface area (Å²) in [7, 11) is 0. The first-order chi connectivity index (χ1) is 10.4. The van der Waals surface area contributed by atoms with Gasteiger partial charge < -0.3 is 0 Å². The van der Waals surface area contributed by atoms with E-state index in [1.165, 1.54) is 20.3 Å². The molecule has 0 heterocycles. The van der Waals surface area contributed by atoms with E-state index in [-0.39, 0.29) is 0 Å². The minimum atomic E-state index is 1.03. The molecule has 0 saturated carbocycles. The second kappa shape index (κ2) is 7.39. The van der Waals surface area contributed by atoms with Crippen LogP contribution in [0.1, 0.15) is 6.42 Å². The first kappa shape index (κ1) is 14.3. The first-order valence-corrected chi connectivity index (χ1v) is 8.62. The SMILES string of the molecule is C1=CCC(/C(=C\Sc2ccccc2)Sc2ccccc2)=C1. The van der Waals surface area contributed by atoms with Gasteiger partial charge in [-0.1, -0.05) is 78.2 Å². The monoisotopic (exact) mass is 308 g/mol.